The fraction of sp³-hybridized carbons (Fsp3) is 0.778. The van der Waals surface area contributed by atoms with E-state index in [1.54, 1.807) is 0 Å². The van der Waals surface area contributed by atoms with Crippen LogP contribution < -0.4 is 5.73 Å². The topological polar surface area (TPSA) is 29.3 Å². The Hall–Kier alpha value is -0.0500. The van der Waals surface area contributed by atoms with Gasteiger partial charge in [0.2, 0.25) is 0 Å². The zero-order valence-electron chi connectivity index (χ0n) is 7.59. The van der Waals surface area contributed by atoms with E-state index in [1.807, 2.05) is 0 Å². The number of likely N-dealkylation sites (tertiary alicyclic amines) is 1. The van der Waals surface area contributed by atoms with E-state index in [2.05, 4.69) is 18.4 Å². The van der Waals surface area contributed by atoms with E-state index in [0.717, 1.165) is 24.7 Å². The summed E-state index contributed by atoms with van der Waals surface area (Å²) < 4.78 is 0. The van der Waals surface area contributed by atoms with Crippen LogP contribution in [0.5, 0.6) is 0 Å². The Labute approximate surface area is 79.4 Å². The van der Waals surface area contributed by atoms with Crippen molar-refractivity contribution in [1.82, 2.24) is 4.90 Å². The Morgan fingerprint density at radius 1 is 1.83 bits per heavy atom. The summed E-state index contributed by atoms with van der Waals surface area (Å²) in [5.41, 5.74) is 5.81. The monoisotopic (exact) mass is 188 g/mol. The zero-order chi connectivity index (χ0) is 9.14. The second-order valence-electron chi connectivity index (χ2n) is 3.66. The third-order valence-corrected chi connectivity index (χ3v) is 2.57. The molecule has 1 fully saturated rings. The van der Waals surface area contributed by atoms with Crippen LogP contribution in [0.2, 0.25) is 0 Å². The van der Waals surface area contributed by atoms with E-state index in [9.17, 15) is 0 Å². The number of nitrogens with two attached hydrogens (primary N) is 1. The molecule has 0 aliphatic carbocycles. The molecular weight excluding hydrogens is 172 g/mol. The lowest BCUT2D eigenvalue weighted by Gasteiger charge is -2.16. The molecule has 0 aromatic heterocycles. The molecule has 2 nitrogen and oxygen atoms in total. The first-order valence-electron chi connectivity index (χ1n) is 4.41. The maximum absolute atomic E-state index is 5.81. The lowest BCUT2D eigenvalue weighted by atomic mass is 10.0. The third-order valence-electron chi connectivity index (χ3n) is 2.45. The molecule has 2 N–H and O–H groups in total. The highest BCUT2D eigenvalue weighted by Gasteiger charge is 2.24. The Bertz CT molecular complexity index is 168. The van der Waals surface area contributed by atoms with Gasteiger partial charge in [0, 0.05) is 24.2 Å². The Balaban J connectivity index is 2.30. The molecule has 0 saturated carbocycles. The standard InChI is InChI=1S/C9H17ClN2/c1-7(10)5-12-4-3-9(6-12)8(2)11/h8-9H,1,3-6,11H2,2H3. The minimum Gasteiger partial charge on any atom is -0.328 e. The van der Waals surface area contributed by atoms with E-state index >= 15 is 0 Å². The van der Waals surface area contributed by atoms with Crippen LogP contribution in [0, 0.1) is 5.92 Å². The van der Waals surface area contributed by atoms with Crippen molar-refractivity contribution in [1.29, 1.82) is 0 Å². The summed E-state index contributed by atoms with van der Waals surface area (Å²) in [6.45, 7) is 8.75. The van der Waals surface area contributed by atoms with Gasteiger partial charge in [-0.25, -0.2) is 0 Å². The van der Waals surface area contributed by atoms with Crippen LogP contribution in [0.15, 0.2) is 11.6 Å². The molecule has 0 radical (unpaired) electrons. The maximum Gasteiger partial charge on any atom is 0.0335 e. The number of rotatable bonds is 3. The van der Waals surface area contributed by atoms with E-state index in [0.29, 0.717) is 12.0 Å². The highest BCUT2D eigenvalue weighted by Crippen LogP contribution is 2.19. The van der Waals surface area contributed by atoms with Crippen LogP contribution in [0.25, 0.3) is 0 Å². The quantitative estimate of drug-likeness (QED) is 0.726. The van der Waals surface area contributed by atoms with Crippen molar-refractivity contribution < 1.29 is 0 Å². The van der Waals surface area contributed by atoms with Gasteiger partial charge in [0.05, 0.1) is 0 Å². The predicted molar refractivity (Wildman–Crippen MR) is 53.2 cm³/mol. The molecule has 12 heavy (non-hydrogen) atoms. The van der Waals surface area contributed by atoms with E-state index in [4.69, 9.17) is 17.3 Å². The average molecular weight is 189 g/mol. The largest absolute Gasteiger partial charge is 0.328 e. The van der Waals surface area contributed by atoms with Crippen LogP contribution in [-0.2, 0) is 0 Å². The second kappa shape index (κ2) is 4.26. The second-order valence-corrected chi connectivity index (χ2v) is 4.19. The summed E-state index contributed by atoms with van der Waals surface area (Å²) in [4.78, 5) is 2.31. The Morgan fingerprint density at radius 3 is 2.92 bits per heavy atom. The van der Waals surface area contributed by atoms with Gasteiger partial charge in [0.1, 0.15) is 0 Å². The molecule has 70 valence electrons. The molecule has 2 atom stereocenters. The van der Waals surface area contributed by atoms with Crippen molar-refractivity contribution in [2.75, 3.05) is 19.6 Å². The molecule has 0 amide bonds. The molecule has 0 aromatic carbocycles. The Morgan fingerprint density at radius 2 is 2.50 bits per heavy atom. The maximum atomic E-state index is 5.81. The first-order valence-corrected chi connectivity index (χ1v) is 4.78. The SMILES string of the molecule is C=C(Cl)CN1CCC(C(C)N)C1. The van der Waals surface area contributed by atoms with Crippen molar-refractivity contribution in [3.63, 3.8) is 0 Å². The summed E-state index contributed by atoms with van der Waals surface area (Å²) in [5.74, 6) is 0.640. The highest BCUT2D eigenvalue weighted by atomic mass is 35.5. The molecule has 3 heteroatoms. The minimum atomic E-state index is 0.304. The van der Waals surface area contributed by atoms with Crippen LogP contribution in [0.4, 0.5) is 0 Å². The van der Waals surface area contributed by atoms with Crippen LogP contribution in [0.3, 0.4) is 0 Å². The smallest absolute Gasteiger partial charge is 0.0335 e. The highest BCUT2D eigenvalue weighted by molar-refractivity contribution is 6.29. The molecule has 1 aliphatic rings. The van der Waals surface area contributed by atoms with Crippen molar-refractivity contribution in [2.24, 2.45) is 11.7 Å². The molecule has 0 bridgehead atoms. The number of nitrogens with zero attached hydrogens (tertiary/aromatic N) is 1. The molecule has 0 spiro atoms. The molecular formula is C9H17ClN2. The number of hydrogen-bond acceptors (Lipinski definition) is 2. The minimum absolute atomic E-state index is 0.304. The predicted octanol–water partition coefficient (Wildman–Crippen LogP) is 1.41. The average Bonchev–Trinajstić information content (AvgIpc) is 2.34. The third kappa shape index (κ3) is 2.77. The van der Waals surface area contributed by atoms with Gasteiger partial charge in [-0.05, 0) is 25.8 Å². The van der Waals surface area contributed by atoms with Gasteiger partial charge in [-0.15, -0.1) is 0 Å². The molecule has 1 rings (SSSR count). The lowest BCUT2D eigenvalue weighted by Crippen LogP contribution is -2.30. The molecule has 1 heterocycles. The van der Waals surface area contributed by atoms with Crippen molar-refractivity contribution >= 4 is 11.6 Å². The van der Waals surface area contributed by atoms with Gasteiger partial charge in [-0.1, -0.05) is 18.2 Å². The van der Waals surface area contributed by atoms with Gasteiger partial charge in [-0.3, -0.25) is 4.90 Å². The molecule has 1 aliphatic heterocycles. The molecule has 0 aromatic rings. The summed E-state index contributed by atoms with van der Waals surface area (Å²) >= 11 is 5.72. The first-order chi connectivity index (χ1) is 5.59. The molecule has 1 saturated heterocycles. The van der Waals surface area contributed by atoms with Gasteiger partial charge < -0.3 is 5.73 Å². The van der Waals surface area contributed by atoms with Crippen molar-refractivity contribution in [2.45, 2.75) is 19.4 Å². The first kappa shape index (κ1) is 10.0. The number of hydrogen-bond donors (Lipinski definition) is 1. The van der Waals surface area contributed by atoms with Gasteiger partial charge in [-0.2, -0.15) is 0 Å². The van der Waals surface area contributed by atoms with Gasteiger partial charge in [0.25, 0.3) is 0 Å². The van der Waals surface area contributed by atoms with Crippen LogP contribution in [0.1, 0.15) is 13.3 Å². The van der Waals surface area contributed by atoms with E-state index in [1.165, 1.54) is 6.42 Å². The van der Waals surface area contributed by atoms with Gasteiger partial charge >= 0.3 is 0 Å². The Kier molecular flexibility index (Phi) is 3.56. The normalized spacial score (nSPS) is 27.4. The summed E-state index contributed by atoms with van der Waals surface area (Å²) in [7, 11) is 0. The number of halogens is 1. The van der Waals surface area contributed by atoms with Gasteiger partial charge in [0.15, 0.2) is 0 Å². The summed E-state index contributed by atoms with van der Waals surface area (Å²) in [6.07, 6.45) is 1.20. The van der Waals surface area contributed by atoms with Crippen LogP contribution in [-0.4, -0.2) is 30.6 Å². The summed E-state index contributed by atoms with van der Waals surface area (Å²) in [6, 6.07) is 0.304. The van der Waals surface area contributed by atoms with Crippen LogP contribution >= 0.6 is 11.6 Å². The zero-order valence-corrected chi connectivity index (χ0v) is 8.35. The van der Waals surface area contributed by atoms with Crippen molar-refractivity contribution in [3.8, 4) is 0 Å². The fourth-order valence-corrected chi connectivity index (χ4v) is 1.85. The van der Waals surface area contributed by atoms with Crippen molar-refractivity contribution in [3.05, 3.63) is 11.6 Å². The van der Waals surface area contributed by atoms with E-state index < -0.39 is 0 Å². The fourth-order valence-electron chi connectivity index (χ4n) is 1.68. The molecule has 2 unspecified atom stereocenters. The summed E-state index contributed by atoms with van der Waals surface area (Å²) in [5, 5.41) is 0.723. The lowest BCUT2D eigenvalue weighted by molar-refractivity contribution is 0.344. The van der Waals surface area contributed by atoms with E-state index in [-0.39, 0.29) is 0 Å².